The Morgan fingerprint density at radius 1 is 1.10 bits per heavy atom. The maximum atomic E-state index is 13.2. The molecule has 1 spiro atoms. The van der Waals surface area contributed by atoms with Gasteiger partial charge in [-0.1, -0.05) is 23.8 Å². The molecule has 1 saturated heterocycles. The van der Waals surface area contributed by atoms with E-state index in [0.717, 1.165) is 11.3 Å². The summed E-state index contributed by atoms with van der Waals surface area (Å²) in [4.78, 5) is 39.9. The number of para-hydroxylation sites is 1. The van der Waals surface area contributed by atoms with Crippen molar-refractivity contribution in [3.05, 3.63) is 75.6 Å². The molecule has 2 N–H and O–H groups in total. The van der Waals surface area contributed by atoms with Gasteiger partial charge in [-0.2, -0.15) is 0 Å². The van der Waals surface area contributed by atoms with E-state index in [2.05, 4.69) is 10.6 Å². The van der Waals surface area contributed by atoms with E-state index in [1.165, 1.54) is 6.07 Å². The lowest BCUT2D eigenvalue weighted by atomic mass is 9.93. The van der Waals surface area contributed by atoms with Crippen molar-refractivity contribution in [3.8, 4) is 0 Å². The Morgan fingerprint density at radius 2 is 1.93 bits per heavy atom. The normalized spacial score (nSPS) is 20.6. The van der Waals surface area contributed by atoms with E-state index in [1.54, 1.807) is 23.1 Å². The van der Waals surface area contributed by atoms with E-state index in [-0.39, 0.29) is 29.5 Å². The van der Waals surface area contributed by atoms with Gasteiger partial charge in [0.2, 0.25) is 0 Å². The van der Waals surface area contributed by atoms with Crippen molar-refractivity contribution < 1.29 is 14.0 Å². The molecular formula is C23H21N3O4. The first-order valence-electron chi connectivity index (χ1n) is 9.98. The number of nitrogens with zero attached hydrogens (tertiary/aromatic N) is 1. The highest BCUT2D eigenvalue weighted by molar-refractivity contribution is 6.02. The maximum Gasteiger partial charge on any atom is 0.289 e. The molecule has 1 fully saturated rings. The van der Waals surface area contributed by atoms with Crippen molar-refractivity contribution in [1.29, 1.82) is 0 Å². The van der Waals surface area contributed by atoms with E-state index in [0.29, 0.717) is 35.9 Å². The Labute approximate surface area is 172 Å². The molecule has 1 aromatic heterocycles. The molecule has 3 aromatic rings. The molecular weight excluding hydrogens is 382 g/mol. The highest BCUT2D eigenvalue weighted by Gasteiger charge is 2.42. The molecule has 0 aliphatic carbocycles. The summed E-state index contributed by atoms with van der Waals surface area (Å²) < 4.78 is 5.77. The van der Waals surface area contributed by atoms with Gasteiger partial charge in [0.15, 0.2) is 11.2 Å². The summed E-state index contributed by atoms with van der Waals surface area (Å²) in [6.07, 6.45) is 1.40. The van der Waals surface area contributed by atoms with Gasteiger partial charge < -0.3 is 20.0 Å². The van der Waals surface area contributed by atoms with Crippen LogP contribution in [0.2, 0.25) is 0 Å². The number of anilines is 1. The summed E-state index contributed by atoms with van der Waals surface area (Å²) in [5.74, 6) is -0.509. The molecule has 3 heterocycles. The van der Waals surface area contributed by atoms with E-state index in [1.807, 2.05) is 31.2 Å². The van der Waals surface area contributed by atoms with Gasteiger partial charge in [0.1, 0.15) is 11.2 Å². The van der Waals surface area contributed by atoms with Crippen molar-refractivity contribution >= 4 is 28.5 Å². The number of likely N-dealkylation sites (tertiary alicyclic amines) is 1. The van der Waals surface area contributed by atoms with Crippen molar-refractivity contribution in [2.45, 2.75) is 25.4 Å². The summed E-state index contributed by atoms with van der Waals surface area (Å²) >= 11 is 0. The number of aryl methyl sites for hydroxylation is 1. The maximum absolute atomic E-state index is 13.2. The Kier molecular flexibility index (Phi) is 4.13. The third-order valence-corrected chi connectivity index (χ3v) is 5.77. The number of nitrogens with one attached hydrogen (secondary N) is 2. The summed E-state index contributed by atoms with van der Waals surface area (Å²) in [6, 6.07) is 13.9. The number of rotatable bonds is 1. The van der Waals surface area contributed by atoms with Crippen LogP contribution in [0.3, 0.4) is 0 Å². The van der Waals surface area contributed by atoms with Crippen LogP contribution >= 0.6 is 0 Å². The van der Waals surface area contributed by atoms with Crippen molar-refractivity contribution in [3.63, 3.8) is 0 Å². The Bertz CT molecular complexity index is 1250. The summed E-state index contributed by atoms with van der Waals surface area (Å²) in [6.45, 7) is 2.70. The predicted molar refractivity (Wildman–Crippen MR) is 113 cm³/mol. The molecule has 2 amide bonds. The second-order valence-electron chi connectivity index (χ2n) is 8.01. The van der Waals surface area contributed by atoms with Gasteiger partial charge >= 0.3 is 0 Å². The van der Waals surface area contributed by atoms with Gasteiger partial charge in [0.05, 0.1) is 17.5 Å². The molecule has 0 saturated carbocycles. The standard InChI is InChI=1S/C23H21N3O4/c1-14-7-8-19-16(11-14)18(27)12-20(30-19)22(29)26-10-4-9-23(13-26)24-17-6-3-2-5-15(17)21(28)25-23/h2-3,5-8,11-12,24H,4,9-10,13H2,1H3,(H,25,28). The molecule has 0 bridgehead atoms. The zero-order chi connectivity index (χ0) is 20.9. The molecule has 30 heavy (non-hydrogen) atoms. The van der Waals surface area contributed by atoms with E-state index < -0.39 is 5.66 Å². The third kappa shape index (κ3) is 3.03. The molecule has 2 aliphatic rings. The van der Waals surface area contributed by atoms with Crippen LogP contribution in [0.1, 0.15) is 39.3 Å². The summed E-state index contributed by atoms with van der Waals surface area (Å²) in [7, 11) is 0. The molecule has 5 rings (SSSR count). The number of hydrogen-bond donors (Lipinski definition) is 2. The second-order valence-corrected chi connectivity index (χ2v) is 8.01. The number of hydrogen-bond acceptors (Lipinski definition) is 5. The average molecular weight is 403 g/mol. The van der Waals surface area contributed by atoms with Gasteiger partial charge in [0, 0.05) is 18.3 Å². The summed E-state index contributed by atoms with van der Waals surface area (Å²) in [5.41, 5.74) is 1.69. The van der Waals surface area contributed by atoms with E-state index in [4.69, 9.17) is 4.42 Å². The lowest BCUT2D eigenvalue weighted by molar-refractivity contribution is 0.0567. The highest BCUT2D eigenvalue weighted by atomic mass is 16.3. The molecule has 7 nitrogen and oxygen atoms in total. The monoisotopic (exact) mass is 403 g/mol. The molecule has 2 aliphatic heterocycles. The Hall–Kier alpha value is -3.61. The number of amides is 2. The minimum absolute atomic E-state index is 0.0101. The van der Waals surface area contributed by atoms with Gasteiger partial charge in [0.25, 0.3) is 11.8 Å². The van der Waals surface area contributed by atoms with Crippen LogP contribution in [0.5, 0.6) is 0 Å². The van der Waals surface area contributed by atoms with Crippen molar-refractivity contribution in [2.24, 2.45) is 0 Å². The van der Waals surface area contributed by atoms with Crippen LogP contribution in [0.4, 0.5) is 5.69 Å². The number of fused-ring (bicyclic) bond motifs is 2. The quantitative estimate of drug-likeness (QED) is 0.652. The predicted octanol–water partition coefficient (Wildman–Crippen LogP) is 2.89. The SMILES string of the molecule is Cc1ccc2oc(C(=O)N3CCCC4(C3)NC(=O)c3ccccc3N4)cc(=O)c2c1. The molecule has 2 aromatic carbocycles. The fourth-order valence-electron chi connectivity index (χ4n) is 4.33. The van der Waals surface area contributed by atoms with Gasteiger partial charge in [-0.25, -0.2) is 0 Å². The Balaban J connectivity index is 1.45. The Morgan fingerprint density at radius 3 is 2.80 bits per heavy atom. The number of carbonyl (C=O) groups excluding carboxylic acids is 2. The first-order valence-corrected chi connectivity index (χ1v) is 9.98. The zero-order valence-electron chi connectivity index (χ0n) is 16.5. The molecule has 0 radical (unpaired) electrons. The van der Waals surface area contributed by atoms with Crippen LogP contribution in [0.15, 0.2) is 57.7 Å². The minimum Gasteiger partial charge on any atom is -0.451 e. The lowest BCUT2D eigenvalue weighted by Crippen LogP contribution is -2.66. The fraction of sp³-hybridized carbons (Fsp3) is 0.261. The molecule has 1 unspecified atom stereocenters. The van der Waals surface area contributed by atoms with Gasteiger partial charge in [-0.15, -0.1) is 0 Å². The largest absolute Gasteiger partial charge is 0.451 e. The lowest BCUT2D eigenvalue weighted by Gasteiger charge is -2.46. The van der Waals surface area contributed by atoms with Crippen LogP contribution in [-0.4, -0.2) is 35.5 Å². The smallest absolute Gasteiger partial charge is 0.289 e. The topological polar surface area (TPSA) is 91.7 Å². The van der Waals surface area contributed by atoms with Gasteiger partial charge in [-0.05, 0) is 44.0 Å². The third-order valence-electron chi connectivity index (χ3n) is 5.77. The van der Waals surface area contributed by atoms with Crippen LogP contribution in [-0.2, 0) is 0 Å². The first-order chi connectivity index (χ1) is 14.4. The number of piperidine rings is 1. The molecule has 1 atom stereocenters. The minimum atomic E-state index is -0.742. The zero-order valence-corrected chi connectivity index (χ0v) is 16.5. The number of carbonyl (C=O) groups is 2. The molecule has 152 valence electrons. The van der Waals surface area contributed by atoms with E-state index >= 15 is 0 Å². The van der Waals surface area contributed by atoms with Gasteiger partial charge in [-0.3, -0.25) is 14.4 Å². The van der Waals surface area contributed by atoms with E-state index in [9.17, 15) is 14.4 Å². The fourth-order valence-corrected chi connectivity index (χ4v) is 4.33. The summed E-state index contributed by atoms with van der Waals surface area (Å²) in [5, 5.41) is 6.90. The number of benzene rings is 2. The first kappa shape index (κ1) is 18.4. The molecule has 7 heteroatoms. The van der Waals surface area contributed by atoms with Crippen LogP contribution < -0.4 is 16.1 Å². The average Bonchev–Trinajstić information content (AvgIpc) is 2.73. The van der Waals surface area contributed by atoms with Crippen molar-refractivity contribution in [1.82, 2.24) is 10.2 Å². The van der Waals surface area contributed by atoms with Crippen molar-refractivity contribution in [2.75, 3.05) is 18.4 Å². The van der Waals surface area contributed by atoms with Crippen LogP contribution in [0.25, 0.3) is 11.0 Å². The van der Waals surface area contributed by atoms with Crippen LogP contribution in [0, 0.1) is 6.92 Å². The second kappa shape index (κ2) is 6.73. The highest BCUT2D eigenvalue weighted by Crippen LogP contribution is 2.31.